The lowest BCUT2D eigenvalue weighted by Gasteiger charge is -2.04. The molecule has 0 aliphatic heterocycles. The second-order valence-electron chi connectivity index (χ2n) is 3.93. The predicted octanol–water partition coefficient (Wildman–Crippen LogP) is 2.67. The first-order valence-corrected chi connectivity index (χ1v) is 5.78. The molecule has 1 heterocycles. The number of rotatable bonds is 4. The third-order valence-corrected chi connectivity index (χ3v) is 3.02. The minimum absolute atomic E-state index is 0.529. The summed E-state index contributed by atoms with van der Waals surface area (Å²) in [5.74, 6) is 0. The fourth-order valence-electron chi connectivity index (χ4n) is 1.79. The van der Waals surface area contributed by atoms with Gasteiger partial charge in [0.25, 0.3) is 0 Å². The van der Waals surface area contributed by atoms with Crippen LogP contribution in [0.25, 0.3) is 0 Å². The summed E-state index contributed by atoms with van der Waals surface area (Å²) in [4.78, 5) is 14.8. The summed E-state index contributed by atoms with van der Waals surface area (Å²) in [6.07, 6.45) is 4.14. The summed E-state index contributed by atoms with van der Waals surface area (Å²) in [5, 5.41) is 0.739. The molecule has 0 unspecified atom stereocenters. The number of aldehydes is 1. The molecule has 3 nitrogen and oxygen atoms in total. The number of nitrogens with zero attached hydrogens (tertiary/aromatic N) is 2. The maximum Gasteiger partial charge on any atom is 0.170 e. The molecule has 0 amide bonds. The Balaban J connectivity index is 2.09. The summed E-state index contributed by atoms with van der Waals surface area (Å²) in [6.45, 7) is 0. The van der Waals surface area contributed by atoms with E-state index >= 15 is 0 Å². The lowest BCUT2D eigenvalue weighted by atomic mass is 10.1. The van der Waals surface area contributed by atoms with Gasteiger partial charge in [0.05, 0.1) is 6.33 Å². The second-order valence-corrected chi connectivity index (χ2v) is 4.37. The molecule has 0 N–H and O–H groups in total. The number of imidazole rings is 1. The van der Waals surface area contributed by atoms with Gasteiger partial charge in [0.1, 0.15) is 5.69 Å². The van der Waals surface area contributed by atoms with E-state index in [1.807, 2.05) is 35.9 Å². The molecule has 0 bridgehead atoms. The van der Waals surface area contributed by atoms with Gasteiger partial charge in [-0.15, -0.1) is 0 Å². The molecule has 0 atom stereocenters. The minimum Gasteiger partial charge on any atom is -0.337 e. The average molecular weight is 249 g/mol. The van der Waals surface area contributed by atoms with Gasteiger partial charge < -0.3 is 4.57 Å². The summed E-state index contributed by atoms with van der Waals surface area (Å²) < 4.78 is 1.89. The zero-order valence-electron chi connectivity index (χ0n) is 9.56. The molecule has 0 radical (unpaired) electrons. The molecule has 88 valence electrons. The maximum atomic E-state index is 10.8. The van der Waals surface area contributed by atoms with E-state index in [-0.39, 0.29) is 0 Å². The molecule has 0 aliphatic carbocycles. The van der Waals surface area contributed by atoms with Crippen LogP contribution in [0.1, 0.15) is 21.7 Å². The first-order valence-electron chi connectivity index (χ1n) is 5.40. The Hall–Kier alpha value is -1.61. The van der Waals surface area contributed by atoms with Crippen LogP contribution in [0, 0.1) is 0 Å². The molecule has 0 aliphatic rings. The molecule has 1 aromatic carbocycles. The van der Waals surface area contributed by atoms with Crippen LogP contribution in [0.4, 0.5) is 0 Å². The van der Waals surface area contributed by atoms with Crippen molar-refractivity contribution in [3.63, 3.8) is 0 Å². The van der Waals surface area contributed by atoms with Crippen LogP contribution in [0.3, 0.4) is 0 Å². The van der Waals surface area contributed by atoms with Gasteiger partial charge in [-0.3, -0.25) is 4.79 Å². The number of aromatic nitrogens is 2. The smallest absolute Gasteiger partial charge is 0.170 e. The number of hydrogen-bond donors (Lipinski definition) is 0. The van der Waals surface area contributed by atoms with Crippen molar-refractivity contribution in [3.8, 4) is 0 Å². The zero-order chi connectivity index (χ0) is 12.3. The lowest BCUT2D eigenvalue weighted by molar-refractivity contribution is 0.111. The number of aryl methyl sites for hydroxylation is 2. The van der Waals surface area contributed by atoms with Gasteiger partial charge in [0.2, 0.25) is 0 Å². The second kappa shape index (κ2) is 5.15. The van der Waals surface area contributed by atoms with Gasteiger partial charge in [-0.25, -0.2) is 4.98 Å². The first-order chi connectivity index (χ1) is 8.20. The fraction of sp³-hybridized carbons (Fsp3) is 0.231. The Morgan fingerprint density at radius 1 is 1.29 bits per heavy atom. The number of halogens is 1. The summed E-state index contributed by atoms with van der Waals surface area (Å²) in [5.41, 5.74) is 2.70. The van der Waals surface area contributed by atoms with Crippen molar-refractivity contribution in [2.45, 2.75) is 12.8 Å². The SMILES string of the molecule is Cn1cnc(C=O)c1CCc1ccc(Cl)cc1. The van der Waals surface area contributed by atoms with E-state index in [4.69, 9.17) is 11.6 Å². The topological polar surface area (TPSA) is 34.9 Å². The van der Waals surface area contributed by atoms with E-state index < -0.39 is 0 Å². The molecule has 17 heavy (non-hydrogen) atoms. The molecule has 2 aromatic rings. The van der Waals surface area contributed by atoms with Crippen LogP contribution in [0.15, 0.2) is 30.6 Å². The van der Waals surface area contributed by atoms with Crippen molar-refractivity contribution in [1.82, 2.24) is 9.55 Å². The molecule has 0 fully saturated rings. The van der Waals surface area contributed by atoms with Crippen molar-refractivity contribution in [2.24, 2.45) is 7.05 Å². The van der Waals surface area contributed by atoms with Gasteiger partial charge in [0.15, 0.2) is 6.29 Å². The van der Waals surface area contributed by atoms with E-state index in [0.717, 1.165) is 29.8 Å². The molecule has 2 rings (SSSR count). The Morgan fingerprint density at radius 3 is 2.65 bits per heavy atom. The number of carbonyl (C=O) groups excluding carboxylic acids is 1. The highest BCUT2D eigenvalue weighted by Gasteiger charge is 2.07. The molecular formula is C13H13ClN2O. The van der Waals surface area contributed by atoms with E-state index in [1.54, 1.807) is 6.33 Å². The zero-order valence-corrected chi connectivity index (χ0v) is 10.3. The largest absolute Gasteiger partial charge is 0.337 e. The minimum atomic E-state index is 0.529. The van der Waals surface area contributed by atoms with Crippen LogP contribution in [0.5, 0.6) is 0 Å². The van der Waals surface area contributed by atoms with Gasteiger partial charge in [0, 0.05) is 17.8 Å². The quantitative estimate of drug-likeness (QED) is 0.780. The Labute approximate surface area is 105 Å². The highest BCUT2D eigenvalue weighted by atomic mass is 35.5. The Morgan fingerprint density at radius 2 is 2.00 bits per heavy atom. The van der Waals surface area contributed by atoms with Gasteiger partial charge in [-0.05, 0) is 30.5 Å². The van der Waals surface area contributed by atoms with Crippen molar-refractivity contribution in [2.75, 3.05) is 0 Å². The van der Waals surface area contributed by atoms with Crippen LogP contribution >= 0.6 is 11.6 Å². The molecular weight excluding hydrogens is 236 g/mol. The van der Waals surface area contributed by atoms with Crippen molar-refractivity contribution >= 4 is 17.9 Å². The van der Waals surface area contributed by atoms with E-state index in [0.29, 0.717) is 5.69 Å². The summed E-state index contributed by atoms with van der Waals surface area (Å²) in [6, 6.07) is 7.75. The standard InChI is InChI=1S/C13H13ClN2O/c1-16-9-15-12(8-17)13(16)7-4-10-2-5-11(14)6-3-10/h2-3,5-6,8-9H,4,7H2,1H3. The van der Waals surface area contributed by atoms with Crippen LogP contribution in [-0.2, 0) is 19.9 Å². The molecule has 1 aromatic heterocycles. The average Bonchev–Trinajstić information content (AvgIpc) is 2.69. The predicted molar refractivity (Wildman–Crippen MR) is 67.5 cm³/mol. The molecule has 0 saturated heterocycles. The Bertz CT molecular complexity index is 517. The van der Waals surface area contributed by atoms with E-state index in [2.05, 4.69) is 4.98 Å². The van der Waals surface area contributed by atoms with Crippen LogP contribution in [0.2, 0.25) is 5.02 Å². The van der Waals surface area contributed by atoms with Gasteiger partial charge >= 0.3 is 0 Å². The molecule has 0 saturated carbocycles. The monoisotopic (exact) mass is 248 g/mol. The lowest BCUT2D eigenvalue weighted by Crippen LogP contribution is -2.01. The third kappa shape index (κ3) is 2.74. The summed E-state index contributed by atoms with van der Waals surface area (Å²) >= 11 is 5.82. The van der Waals surface area contributed by atoms with Crippen LogP contribution < -0.4 is 0 Å². The fourth-order valence-corrected chi connectivity index (χ4v) is 1.92. The normalized spacial score (nSPS) is 10.5. The van der Waals surface area contributed by atoms with Crippen molar-refractivity contribution < 1.29 is 4.79 Å². The number of benzene rings is 1. The van der Waals surface area contributed by atoms with E-state index in [1.165, 1.54) is 5.56 Å². The summed E-state index contributed by atoms with van der Waals surface area (Å²) in [7, 11) is 1.90. The number of carbonyl (C=O) groups is 1. The maximum absolute atomic E-state index is 10.8. The third-order valence-electron chi connectivity index (χ3n) is 2.77. The van der Waals surface area contributed by atoms with Crippen LogP contribution in [-0.4, -0.2) is 15.8 Å². The highest BCUT2D eigenvalue weighted by molar-refractivity contribution is 6.30. The van der Waals surface area contributed by atoms with E-state index in [9.17, 15) is 4.79 Å². The molecule has 0 spiro atoms. The first kappa shape index (κ1) is 11.9. The van der Waals surface area contributed by atoms with Crippen molar-refractivity contribution in [1.29, 1.82) is 0 Å². The van der Waals surface area contributed by atoms with Gasteiger partial charge in [-0.1, -0.05) is 23.7 Å². The van der Waals surface area contributed by atoms with Crippen molar-refractivity contribution in [3.05, 3.63) is 52.6 Å². The molecule has 4 heteroatoms. The van der Waals surface area contributed by atoms with Gasteiger partial charge in [-0.2, -0.15) is 0 Å². The Kier molecular flexibility index (Phi) is 3.59. The highest BCUT2D eigenvalue weighted by Crippen LogP contribution is 2.13. The number of hydrogen-bond acceptors (Lipinski definition) is 2.